The monoisotopic (exact) mass is 524 g/mol. The van der Waals surface area contributed by atoms with E-state index in [1.807, 2.05) is 35.2 Å². The molecule has 0 radical (unpaired) electrons. The minimum atomic E-state index is -0.484. The summed E-state index contributed by atoms with van der Waals surface area (Å²) in [6.07, 6.45) is 4.53. The summed E-state index contributed by atoms with van der Waals surface area (Å²) < 4.78 is 0. The van der Waals surface area contributed by atoms with Crippen LogP contribution in [0.4, 0.5) is 0 Å². The number of hydrogen-bond acceptors (Lipinski definition) is 4. The molecule has 1 fully saturated rings. The fourth-order valence-electron chi connectivity index (χ4n) is 4.97. The van der Waals surface area contributed by atoms with Crippen molar-refractivity contribution in [1.82, 2.24) is 15.5 Å². The number of rotatable bonds is 12. The Bertz CT molecular complexity index is 1040. The van der Waals surface area contributed by atoms with E-state index in [0.717, 1.165) is 30.5 Å². The summed E-state index contributed by atoms with van der Waals surface area (Å²) in [5.74, 6) is -0.0486. The molecule has 37 heavy (non-hydrogen) atoms. The molecule has 1 saturated heterocycles. The SMILES string of the molecule is CC[C@H](CN1CC[C@H](C/C(=C\C(N)=O)c2ccc(Cl)cc2)N[C@@H](CCNC(C)C)C1=O)c1ccccc1. The van der Waals surface area contributed by atoms with E-state index in [4.69, 9.17) is 17.3 Å². The molecule has 1 aliphatic rings. The maximum absolute atomic E-state index is 13.8. The van der Waals surface area contributed by atoms with Crippen LogP contribution >= 0.6 is 11.6 Å². The van der Waals surface area contributed by atoms with Crippen LogP contribution in [0.1, 0.15) is 63.5 Å². The first kappa shape index (κ1) is 28.9. The molecular weight excluding hydrogens is 484 g/mol. The third kappa shape index (κ3) is 8.99. The van der Waals surface area contributed by atoms with E-state index in [1.165, 1.54) is 11.6 Å². The van der Waals surface area contributed by atoms with Gasteiger partial charge in [-0.2, -0.15) is 0 Å². The number of carbonyl (C=O) groups excluding carboxylic acids is 2. The van der Waals surface area contributed by atoms with Crippen molar-refractivity contribution >= 4 is 29.0 Å². The Balaban J connectivity index is 1.81. The zero-order valence-electron chi connectivity index (χ0n) is 22.3. The van der Waals surface area contributed by atoms with Crippen molar-refractivity contribution in [3.8, 4) is 0 Å². The van der Waals surface area contributed by atoms with Crippen LogP contribution in [0.25, 0.3) is 5.57 Å². The minimum absolute atomic E-state index is 0.0241. The topological polar surface area (TPSA) is 87.5 Å². The van der Waals surface area contributed by atoms with E-state index in [-0.39, 0.29) is 23.9 Å². The fourth-order valence-corrected chi connectivity index (χ4v) is 5.10. The third-order valence-electron chi connectivity index (χ3n) is 6.98. The van der Waals surface area contributed by atoms with Gasteiger partial charge in [0, 0.05) is 42.2 Å². The number of nitrogens with one attached hydrogen (secondary N) is 2. The van der Waals surface area contributed by atoms with Gasteiger partial charge < -0.3 is 21.3 Å². The van der Waals surface area contributed by atoms with Gasteiger partial charge in [0.05, 0.1) is 6.04 Å². The number of carbonyl (C=O) groups is 2. The average Bonchev–Trinajstić information content (AvgIpc) is 3.01. The molecule has 1 heterocycles. The van der Waals surface area contributed by atoms with Gasteiger partial charge in [0.1, 0.15) is 0 Å². The van der Waals surface area contributed by atoms with Crippen LogP contribution in [-0.2, 0) is 9.59 Å². The van der Waals surface area contributed by atoms with Crippen LogP contribution in [-0.4, -0.2) is 54.5 Å². The first-order valence-electron chi connectivity index (χ1n) is 13.4. The van der Waals surface area contributed by atoms with E-state index < -0.39 is 5.91 Å². The largest absolute Gasteiger partial charge is 0.366 e. The van der Waals surface area contributed by atoms with Crippen molar-refractivity contribution in [3.63, 3.8) is 0 Å². The molecule has 1 aliphatic heterocycles. The highest BCUT2D eigenvalue weighted by Gasteiger charge is 2.32. The number of primary amides is 1. The predicted octanol–water partition coefficient (Wildman–Crippen LogP) is 4.74. The summed E-state index contributed by atoms with van der Waals surface area (Å²) in [4.78, 5) is 27.6. The molecule has 200 valence electrons. The lowest BCUT2D eigenvalue weighted by molar-refractivity contribution is -0.133. The highest BCUT2D eigenvalue weighted by molar-refractivity contribution is 6.30. The smallest absolute Gasteiger partial charge is 0.241 e. The normalized spacial score (nSPS) is 19.6. The number of nitrogens with two attached hydrogens (primary N) is 1. The third-order valence-corrected chi connectivity index (χ3v) is 7.23. The van der Waals surface area contributed by atoms with Gasteiger partial charge in [0.15, 0.2) is 0 Å². The molecule has 3 rings (SSSR count). The van der Waals surface area contributed by atoms with E-state index in [1.54, 1.807) is 0 Å². The molecule has 0 aromatic heterocycles. The average molecular weight is 525 g/mol. The zero-order valence-corrected chi connectivity index (χ0v) is 23.0. The molecule has 2 aromatic rings. The van der Waals surface area contributed by atoms with Crippen molar-refractivity contribution in [1.29, 1.82) is 0 Å². The second-order valence-corrected chi connectivity index (χ2v) is 10.6. The van der Waals surface area contributed by atoms with E-state index in [2.05, 4.69) is 55.7 Å². The molecule has 0 unspecified atom stereocenters. The molecule has 3 atom stereocenters. The van der Waals surface area contributed by atoms with Gasteiger partial charge in [-0.05, 0) is 61.1 Å². The summed E-state index contributed by atoms with van der Waals surface area (Å²) in [5.41, 5.74) is 8.57. The second-order valence-electron chi connectivity index (χ2n) is 10.2. The number of nitrogens with zero attached hydrogens (tertiary/aromatic N) is 1. The summed E-state index contributed by atoms with van der Waals surface area (Å²) >= 11 is 6.08. The lowest BCUT2D eigenvalue weighted by Crippen LogP contribution is -2.48. The molecule has 4 N–H and O–H groups in total. The summed E-state index contributed by atoms with van der Waals surface area (Å²) in [6, 6.07) is 17.9. The molecule has 0 bridgehead atoms. The number of hydrogen-bond donors (Lipinski definition) is 3. The summed E-state index contributed by atoms with van der Waals surface area (Å²) in [5, 5.41) is 7.72. The van der Waals surface area contributed by atoms with Gasteiger partial charge in [-0.3, -0.25) is 9.59 Å². The first-order valence-corrected chi connectivity index (χ1v) is 13.7. The Morgan fingerprint density at radius 1 is 1.19 bits per heavy atom. The highest BCUT2D eigenvalue weighted by atomic mass is 35.5. The van der Waals surface area contributed by atoms with Gasteiger partial charge in [-0.15, -0.1) is 0 Å². The van der Waals surface area contributed by atoms with Crippen molar-refractivity contribution in [2.45, 2.75) is 70.5 Å². The molecule has 2 aromatic carbocycles. The molecule has 0 aliphatic carbocycles. The lowest BCUT2D eigenvalue weighted by atomic mass is 9.95. The van der Waals surface area contributed by atoms with Crippen molar-refractivity contribution in [2.24, 2.45) is 5.73 Å². The maximum atomic E-state index is 13.8. The summed E-state index contributed by atoms with van der Waals surface area (Å²) in [6.45, 7) is 8.50. The molecule has 7 heteroatoms. The van der Waals surface area contributed by atoms with E-state index in [0.29, 0.717) is 37.0 Å². The Hall–Kier alpha value is -2.67. The maximum Gasteiger partial charge on any atom is 0.241 e. The van der Waals surface area contributed by atoms with Crippen LogP contribution in [0, 0.1) is 0 Å². The van der Waals surface area contributed by atoms with Crippen molar-refractivity contribution < 1.29 is 9.59 Å². The van der Waals surface area contributed by atoms with Crippen LogP contribution in [0.5, 0.6) is 0 Å². The van der Waals surface area contributed by atoms with E-state index in [9.17, 15) is 9.59 Å². The van der Waals surface area contributed by atoms with Crippen LogP contribution in [0.15, 0.2) is 60.7 Å². The zero-order chi connectivity index (χ0) is 26.8. The molecule has 2 amide bonds. The molecule has 6 nitrogen and oxygen atoms in total. The Morgan fingerprint density at radius 3 is 2.51 bits per heavy atom. The highest BCUT2D eigenvalue weighted by Crippen LogP contribution is 2.26. The number of amides is 2. The number of benzene rings is 2. The standard InChI is InChI=1S/C30H41ClN4O2/c1-4-22(23-8-6-5-7-9-23)20-35-17-15-27(34-28(30(35)37)14-16-33-21(2)3)18-25(19-29(32)36)24-10-12-26(31)13-11-24/h5-13,19,21-22,27-28,33-34H,4,14-18,20H2,1-3H3,(H2,32,36)/b25-19+/t22-,27-,28+/m1/s1. The van der Waals surface area contributed by atoms with Crippen LogP contribution < -0.4 is 16.4 Å². The van der Waals surface area contributed by atoms with E-state index >= 15 is 0 Å². The van der Waals surface area contributed by atoms with Gasteiger partial charge in [0.25, 0.3) is 0 Å². The van der Waals surface area contributed by atoms with Crippen molar-refractivity contribution in [2.75, 3.05) is 19.6 Å². The fraction of sp³-hybridized carbons (Fsp3) is 0.467. The molecule has 0 spiro atoms. The van der Waals surface area contributed by atoms with Gasteiger partial charge in [0.2, 0.25) is 11.8 Å². The quantitative estimate of drug-likeness (QED) is 0.350. The Kier molecular flexibility index (Phi) is 11.2. The van der Waals surface area contributed by atoms with Crippen LogP contribution in [0.3, 0.4) is 0 Å². The molecule has 0 saturated carbocycles. The second kappa shape index (κ2) is 14.3. The minimum Gasteiger partial charge on any atom is -0.366 e. The first-order chi connectivity index (χ1) is 17.8. The Labute approximate surface area is 226 Å². The molecular formula is C30H41ClN4O2. The van der Waals surface area contributed by atoms with Gasteiger partial charge >= 0.3 is 0 Å². The lowest BCUT2D eigenvalue weighted by Gasteiger charge is -2.29. The number of halogens is 1. The summed E-state index contributed by atoms with van der Waals surface area (Å²) in [7, 11) is 0. The predicted molar refractivity (Wildman–Crippen MR) is 152 cm³/mol. The van der Waals surface area contributed by atoms with Crippen LogP contribution in [0.2, 0.25) is 5.02 Å². The Morgan fingerprint density at radius 2 is 1.89 bits per heavy atom. The van der Waals surface area contributed by atoms with Gasteiger partial charge in [-0.25, -0.2) is 0 Å². The van der Waals surface area contributed by atoms with Gasteiger partial charge in [-0.1, -0.05) is 74.8 Å². The van der Waals surface area contributed by atoms with Crippen molar-refractivity contribution in [3.05, 3.63) is 76.8 Å².